The van der Waals surface area contributed by atoms with Crippen molar-refractivity contribution in [1.82, 2.24) is 0 Å². The van der Waals surface area contributed by atoms with Crippen molar-refractivity contribution in [3.63, 3.8) is 0 Å². The Labute approximate surface area is 88.4 Å². The molecule has 0 bridgehead atoms. The molecule has 5 nitrogen and oxygen atoms in total. The van der Waals surface area contributed by atoms with Crippen LogP contribution >= 0.6 is 0 Å². The summed E-state index contributed by atoms with van der Waals surface area (Å²) in [5.41, 5.74) is 0. The van der Waals surface area contributed by atoms with Gasteiger partial charge in [0, 0.05) is 19.8 Å². The molecule has 7 heteroatoms. The molecular formula is C7H18O5SSi. The third kappa shape index (κ3) is 5.18. The molecule has 0 aliphatic carbocycles. The average Bonchev–Trinajstić information content (AvgIpc) is 2.03. The molecular weight excluding hydrogens is 224 g/mol. The third-order valence-electron chi connectivity index (χ3n) is 1.39. The Kier molecular flexibility index (Phi) is 7.60. The van der Waals surface area contributed by atoms with Crippen molar-refractivity contribution in [2.45, 2.75) is 20.8 Å². The summed E-state index contributed by atoms with van der Waals surface area (Å²) >= 11 is -1.95. The predicted molar refractivity (Wildman–Crippen MR) is 56.3 cm³/mol. The average molecular weight is 242 g/mol. The maximum absolute atomic E-state index is 10.7. The fourth-order valence-corrected chi connectivity index (χ4v) is 4.84. The molecule has 1 atom stereocenters. The van der Waals surface area contributed by atoms with E-state index in [1.165, 1.54) is 0 Å². The highest BCUT2D eigenvalue weighted by atomic mass is 32.2. The van der Waals surface area contributed by atoms with Crippen molar-refractivity contribution < 1.29 is 22.0 Å². The monoisotopic (exact) mass is 242 g/mol. The van der Waals surface area contributed by atoms with Crippen molar-refractivity contribution >= 4 is 19.9 Å². The Morgan fingerprint density at radius 2 is 1.43 bits per heavy atom. The number of hydrogen-bond acceptors (Lipinski definition) is 4. The quantitative estimate of drug-likeness (QED) is 0.504. The fourth-order valence-electron chi connectivity index (χ4n) is 1.06. The Morgan fingerprint density at radius 3 is 1.64 bits per heavy atom. The minimum absolute atomic E-state index is 0.0669. The standard InChI is InChI=1S/C7H18O5SSi/c1-4-10-14(11-5-2,12-6-3)7-13(8)9/h4-7H2,1-3H3,(H,8,9). The molecule has 0 radical (unpaired) electrons. The molecule has 0 aromatic rings. The van der Waals surface area contributed by atoms with Crippen LogP contribution in [0, 0.1) is 0 Å². The zero-order valence-corrected chi connectivity index (χ0v) is 10.6. The minimum atomic E-state index is -2.91. The lowest BCUT2D eigenvalue weighted by Gasteiger charge is -2.26. The first kappa shape index (κ1) is 14.2. The molecule has 0 rings (SSSR count). The van der Waals surface area contributed by atoms with Gasteiger partial charge in [-0.2, -0.15) is 0 Å². The molecule has 0 aliphatic rings. The van der Waals surface area contributed by atoms with Gasteiger partial charge in [0.25, 0.3) is 0 Å². The van der Waals surface area contributed by atoms with Crippen LogP contribution in [0.3, 0.4) is 0 Å². The highest BCUT2D eigenvalue weighted by Crippen LogP contribution is 2.11. The van der Waals surface area contributed by atoms with Crippen LogP contribution in [-0.2, 0) is 24.4 Å². The van der Waals surface area contributed by atoms with E-state index in [9.17, 15) is 4.21 Å². The van der Waals surface area contributed by atoms with Gasteiger partial charge in [-0.05, 0) is 20.8 Å². The summed E-state index contributed by atoms with van der Waals surface area (Å²) in [4.78, 5) is 0. The second kappa shape index (κ2) is 7.49. The molecule has 0 aromatic heterocycles. The molecule has 0 spiro atoms. The lowest BCUT2D eigenvalue weighted by atomic mass is 10.9. The normalized spacial score (nSPS) is 14.3. The SMILES string of the molecule is CCO[Si](CS(=O)O)(OCC)OCC. The van der Waals surface area contributed by atoms with E-state index < -0.39 is 19.9 Å². The van der Waals surface area contributed by atoms with Crippen molar-refractivity contribution in [1.29, 1.82) is 0 Å². The van der Waals surface area contributed by atoms with Gasteiger partial charge in [-0.1, -0.05) is 0 Å². The predicted octanol–water partition coefficient (Wildman–Crippen LogP) is 0.796. The zero-order valence-electron chi connectivity index (χ0n) is 8.82. The first-order valence-electron chi connectivity index (χ1n) is 4.59. The molecule has 0 aromatic carbocycles. The van der Waals surface area contributed by atoms with E-state index in [0.717, 1.165) is 0 Å². The molecule has 0 heterocycles. The summed E-state index contributed by atoms with van der Waals surface area (Å²) in [6.45, 7) is 6.68. The second-order valence-electron chi connectivity index (χ2n) is 2.45. The zero-order chi connectivity index (χ0) is 11.0. The van der Waals surface area contributed by atoms with Crippen LogP contribution in [0.2, 0.25) is 0 Å². The van der Waals surface area contributed by atoms with Crippen molar-refractivity contribution in [2.24, 2.45) is 0 Å². The fraction of sp³-hybridized carbons (Fsp3) is 1.00. The lowest BCUT2D eigenvalue weighted by molar-refractivity contribution is 0.0768. The highest BCUT2D eigenvalue weighted by Gasteiger charge is 2.42. The molecule has 0 fully saturated rings. The minimum Gasteiger partial charge on any atom is -0.373 e. The van der Waals surface area contributed by atoms with Crippen molar-refractivity contribution in [3.05, 3.63) is 0 Å². The molecule has 0 saturated carbocycles. The van der Waals surface area contributed by atoms with Gasteiger partial charge in [0.05, 0.1) is 0 Å². The Morgan fingerprint density at radius 1 is 1.07 bits per heavy atom. The van der Waals surface area contributed by atoms with Crippen LogP contribution < -0.4 is 0 Å². The van der Waals surface area contributed by atoms with Crippen LogP contribution in [0.15, 0.2) is 0 Å². The van der Waals surface area contributed by atoms with Crippen LogP contribution in [0.25, 0.3) is 0 Å². The van der Waals surface area contributed by atoms with Gasteiger partial charge in [0.1, 0.15) is 5.38 Å². The van der Waals surface area contributed by atoms with E-state index in [-0.39, 0.29) is 5.38 Å². The smallest absolute Gasteiger partial charge is 0.373 e. The highest BCUT2D eigenvalue weighted by molar-refractivity contribution is 7.81. The van der Waals surface area contributed by atoms with E-state index in [1.54, 1.807) is 20.8 Å². The van der Waals surface area contributed by atoms with E-state index in [1.807, 2.05) is 0 Å². The van der Waals surface area contributed by atoms with E-state index >= 15 is 0 Å². The molecule has 0 saturated heterocycles. The molecule has 1 N–H and O–H groups in total. The first-order valence-corrected chi connectivity index (χ1v) is 7.80. The van der Waals surface area contributed by atoms with E-state index in [4.69, 9.17) is 17.8 Å². The summed E-state index contributed by atoms with van der Waals surface area (Å²) in [6.07, 6.45) is 0. The maximum Gasteiger partial charge on any atom is 0.516 e. The first-order chi connectivity index (χ1) is 6.60. The van der Waals surface area contributed by atoms with Gasteiger partial charge in [-0.3, -0.25) is 0 Å². The van der Waals surface area contributed by atoms with E-state index in [2.05, 4.69) is 0 Å². The molecule has 1 unspecified atom stereocenters. The molecule has 14 heavy (non-hydrogen) atoms. The summed E-state index contributed by atoms with van der Waals surface area (Å²) in [5, 5.41) is -0.0669. The summed E-state index contributed by atoms with van der Waals surface area (Å²) in [6, 6.07) is 0. The largest absolute Gasteiger partial charge is 0.516 e. The van der Waals surface area contributed by atoms with Gasteiger partial charge in [0.15, 0.2) is 11.1 Å². The van der Waals surface area contributed by atoms with E-state index in [0.29, 0.717) is 19.8 Å². The van der Waals surface area contributed by atoms with Crippen LogP contribution in [0.1, 0.15) is 20.8 Å². The van der Waals surface area contributed by atoms with Gasteiger partial charge < -0.3 is 17.8 Å². The maximum atomic E-state index is 10.7. The van der Waals surface area contributed by atoms with Gasteiger partial charge in [0.2, 0.25) is 0 Å². The number of rotatable bonds is 8. The summed E-state index contributed by atoms with van der Waals surface area (Å²) < 4.78 is 35.7. The number of hydrogen-bond donors (Lipinski definition) is 1. The molecule has 0 aliphatic heterocycles. The van der Waals surface area contributed by atoms with Crippen molar-refractivity contribution in [3.8, 4) is 0 Å². The topological polar surface area (TPSA) is 65.0 Å². The second-order valence-corrected chi connectivity index (χ2v) is 6.48. The van der Waals surface area contributed by atoms with Crippen LogP contribution in [0.5, 0.6) is 0 Å². The molecule has 0 amide bonds. The Hall–Kier alpha value is 0.207. The third-order valence-corrected chi connectivity index (χ3v) is 5.98. The Bertz CT molecular complexity index is 160. The van der Waals surface area contributed by atoms with Crippen LogP contribution in [0.4, 0.5) is 0 Å². The van der Waals surface area contributed by atoms with Gasteiger partial charge in [-0.15, -0.1) is 0 Å². The summed E-state index contributed by atoms with van der Waals surface area (Å²) in [7, 11) is -2.91. The summed E-state index contributed by atoms with van der Waals surface area (Å²) in [5.74, 6) is 0. The van der Waals surface area contributed by atoms with Crippen molar-refractivity contribution in [2.75, 3.05) is 25.2 Å². The van der Waals surface area contributed by atoms with Crippen LogP contribution in [-0.4, -0.2) is 42.8 Å². The molecule has 86 valence electrons. The Balaban J connectivity index is 4.45. The lowest BCUT2D eigenvalue weighted by Crippen LogP contribution is -2.51. The van der Waals surface area contributed by atoms with Gasteiger partial charge in [-0.25, -0.2) is 4.21 Å². The van der Waals surface area contributed by atoms with Gasteiger partial charge >= 0.3 is 8.80 Å².